The zero-order valence-corrected chi connectivity index (χ0v) is 18.3. The number of anilines is 1. The molecule has 0 saturated carbocycles. The fraction of sp³-hybridized carbons (Fsp3) is 0.320. The van der Waals surface area contributed by atoms with Crippen LogP contribution in [0, 0.1) is 0 Å². The Bertz CT molecular complexity index is 1020. The zero-order chi connectivity index (χ0) is 21.8. The van der Waals surface area contributed by atoms with Crippen molar-refractivity contribution in [3.63, 3.8) is 0 Å². The lowest BCUT2D eigenvalue weighted by molar-refractivity contribution is 0.0240. The van der Waals surface area contributed by atoms with Gasteiger partial charge in [-0.1, -0.05) is 60.7 Å². The predicted molar refractivity (Wildman–Crippen MR) is 123 cm³/mol. The van der Waals surface area contributed by atoms with E-state index in [0.29, 0.717) is 26.2 Å². The van der Waals surface area contributed by atoms with E-state index in [2.05, 4.69) is 29.2 Å². The SMILES string of the molecule is CC(C)(C)OC(=O)N1CCN(c2cnc(-c3ccccc3)c(-c3ccccc3)n2)CC1. The summed E-state index contributed by atoms with van der Waals surface area (Å²) < 4.78 is 5.50. The molecule has 1 saturated heterocycles. The summed E-state index contributed by atoms with van der Waals surface area (Å²) in [5, 5.41) is 0. The van der Waals surface area contributed by atoms with Gasteiger partial charge in [-0.25, -0.2) is 9.78 Å². The lowest BCUT2D eigenvalue weighted by atomic mass is 10.0. The molecule has 1 aliphatic rings. The number of ether oxygens (including phenoxy) is 1. The Kier molecular flexibility index (Phi) is 5.89. The van der Waals surface area contributed by atoms with Gasteiger partial charge in [0, 0.05) is 37.3 Å². The van der Waals surface area contributed by atoms with Crippen molar-refractivity contribution in [2.24, 2.45) is 0 Å². The van der Waals surface area contributed by atoms with Crippen LogP contribution in [0.15, 0.2) is 66.9 Å². The topological polar surface area (TPSA) is 58.6 Å². The number of aromatic nitrogens is 2. The predicted octanol–water partition coefficient (Wildman–Crippen LogP) is 4.87. The van der Waals surface area contributed by atoms with E-state index >= 15 is 0 Å². The van der Waals surface area contributed by atoms with Crippen LogP contribution in [0.4, 0.5) is 10.6 Å². The van der Waals surface area contributed by atoms with Gasteiger partial charge in [-0.2, -0.15) is 0 Å². The van der Waals surface area contributed by atoms with Crippen LogP contribution in [0.25, 0.3) is 22.5 Å². The van der Waals surface area contributed by atoms with E-state index in [1.54, 1.807) is 4.90 Å². The summed E-state index contributed by atoms with van der Waals surface area (Å²) in [6.45, 7) is 8.22. The standard InChI is InChI=1S/C25H28N4O2/c1-25(2,3)31-24(30)29-16-14-28(15-17-29)21-18-26-22(19-10-6-4-7-11-19)23(27-21)20-12-8-5-9-13-20/h4-13,18H,14-17H2,1-3H3. The summed E-state index contributed by atoms with van der Waals surface area (Å²) in [5.41, 5.74) is 3.30. The third kappa shape index (κ3) is 5.02. The normalized spacial score (nSPS) is 14.4. The second kappa shape index (κ2) is 8.76. The van der Waals surface area contributed by atoms with Crippen LogP contribution in [0.1, 0.15) is 20.8 Å². The summed E-state index contributed by atoms with van der Waals surface area (Å²) in [6, 6.07) is 20.3. The van der Waals surface area contributed by atoms with E-state index in [1.165, 1.54) is 0 Å². The molecule has 2 heterocycles. The van der Waals surface area contributed by atoms with Gasteiger partial charge in [-0.05, 0) is 20.8 Å². The molecule has 0 radical (unpaired) electrons. The zero-order valence-electron chi connectivity index (χ0n) is 18.3. The molecule has 6 heteroatoms. The van der Waals surface area contributed by atoms with Gasteiger partial charge in [0.15, 0.2) is 0 Å². The van der Waals surface area contributed by atoms with E-state index in [9.17, 15) is 4.79 Å². The summed E-state index contributed by atoms with van der Waals surface area (Å²) >= 11 is 0. The highest BCUT2D eigenvalue weighted by Crippen LogP contribution is 2.30. The maximum absolute atomic E-state index is 12.4. The Balaban J connectivity index is 1.57. The van der Waals surface area contributed by atoms with Crippen molar-refractivity contribution in [2.75, 3.05) is 31.1 Å². The van der Waals surface area contributed by atoms with Gasteiger partial charge in [0.2, 0.25) is 0 Å². The van der Waals surface area contributed by atoms with Crippen molar-refractivity contribution in [3.05, 3.63) is 66.9 Å². The van der Waals surface area contributed by atoms with Crippen molar-refractivity contribution in [1.82, 2.24) is 14.9 Å². The van der Waals surface area contributed by atoms with Gasteiger partial charge in [0.05, 0.1) is 17.6 Å². The Morgan fingerprint density at radius 1 is 0.839 bits per heavy atom. The molecule has 160 valence electrons. The van der Waals surface area contributed by atoms with Gasteiger partial charge in [-0.15, -0.1) is 0 Å². The van der Waals surface area contributed by atoms with Crippen LogP contribution in [0.2, 0.25) is 0 Å². The fourth-order valence-corrected chi connectivity index (χ4v) is 3.58. The first-order valence-corrected chi connectivity index (χ1v) is 10.6. The van der Waals surface area contributed by atoms with Gasteiger partial charge in [-0.3, -0.25) is 4.98 Å². The van der Waals surface area contributed by atoms with Crippen LogP contribution in [-0.4, -0.2) is 52.7 Å². The molecule has 0 atom stereocenters. The number of amides is 1. The maximum atomic E-state index is 12.4. The van der Waals surface area contributed by atoms with Crippen molar-refractivity contribution >= 4 is 11.9 Å². The first-order valence-electron chi connectivity index (χ1n) is 10.6. The van der Waals surface area contributed by atoms with E-state index in [0.717, 1.165) is 28.3 Å². The molecule has 6 nitrogen and oxygen atoms in total. The molecule has 1 aliphatic heterocycles. The number of benzene rings is 2. The molecule has 0 N–H and O–H groups in total. The lowest BCUT2D eigenvalue weighted by Gasteiger charge is -2.36. The highest BCUT2D eigenvalue weighted by Gasteiger charge is 2.27. The molecule has 0 aliphatic carbocycles. The highest BCUT2D eigenvalue weighted by molar-refractivity contribution is 5.78. The summed E-state index contributed by atoms with van der Waals surface area (Å²) in [4.78, 5) is 26.1. The third-order valence-electron chi connectivity index (χ3n) is 5.11. The van der Waals surface area contributed by atoms with Crippen LogP contribution in [0.5, 0.6) is 0 Å². The number of nitrogens with zero attached hydrogens (tertiary/aromatic N) is 4. The van der Waals surface area contributed by atoms with Gasteiger partial charge in [0.1, 0.15) is 11.4 Å². The molecule has 1 amide bonds. The molecule has 0 bridgehead atoms. The van der Waals surface area contributed by atoms with Gasteiger partial charge < -0.3 is 14.5 Å². The Morgan fingerprint density at radius 3 is 1.94 bits per heavy atom. The average Bonchev–Trinajstić information content (AvgIpc) is 2.79. The second-order valence-electron chi connectivity index (χ2n) is 8.61. The molecule has 1 aromatic heterocycles. The smallest absolute Gasteiger partial charge is 0.410 e. The molecule has 4 rings (SSSR count). The van der Waals surface area contributed by atoms with E-state index in [1.807, 2.05) is 63.4 Å². The van der Waals surface area contributed by atoms with E-state index in [4.69, 9.17) is 14.7 Å². The first-order chi connectivity index (χ1) is 14.9. The van der Waals surface area contributed by atoms with Crippen LogP contribution in [-0.2, 0) is 4.74 Å². The third-order valence-corrected chi connectivity index (χ3v) is 5.11. The van der Waals surface area contributed by atoms with Crippen LogP contribution < -0.4 is 4.90 Å². The Hall–Kier alpha value is -3.41. The fourth-order valence-electron chi connectivity index (χ4n) is 3.58. The van der Waals surface area contributed by atoms with Crippen molar-refractivity contribution in [1.29, 1.82) is 0 Å². The van der Waals surface area contributed by atoms with Crippen LogP contribution >= 0.6 is 0 Å². The quantitative estimate of drug-likeness (QED) is 0.610. The number of hydrogen-bond donors (Lipinski definition) is 0. The summed E-state index contributed by atoms with van der Waals surface area (Å²) in [6.07, 6.45) is 1.57. The number of carbonyl (C=O) groups is 1. The van der Waals surface area contributed by atoms with E-state index < -0.39 is 5.60 Å². The lowest BCUT2D eigenvalue weighted by Crippen LogP contribution is -2.50. The summed E-state index contributed by atoms with van der Waals surface area (Å²) in [7, 11) is 0. The average molecular weight is 417 g/mol. The minimum Gasteiger partial charge on any atom is -0.444 e. The molecule has 2 aromatic carbocycles. The van der Waals surface area contributed by atoms with Gasteiger partial charge in [0.25, 0.3) is 0 Å². The van der Waals surface area contributed by atoms with Crippen LogP contribution in [0.3, 0.4) is 0 Å². The minimum atomic E-state index is -0.489. The molecule has 0 spiro atoms. The van der Waals surface area contributed by atoms with Crippen molar-refractivity contribution < 1.29 is 9.53 Å². The molecular weight excluding hydrogens is 388 g/mol. The molecular formula is C25H28N4O2. The number of piperazine rings is 1. The molecule has 1 fully saturated rings. The minimum absolute atomic E-state index is 0.261. The Labute approximate surface area is 183 Å². The summed E-state index contributed by atoms with van der Waals surface area (Å²) in [5.74, 6) is 0.822. The van der Waals surface area contributed by atoms with Crippen molar-refractivity contribution in [3.8, 4) is 22.5 Å². The number of rotatable bonds is 3. The monoisotopic (exact) mass is 416 g/mol. The largest absolute Gasteiger partial charge is 0.444 e. The number of hydrogen-bond acceptors (Lipinski definition) is 5. The maximum Gasteiger partial charge on any atom is 0.410 e. The molecule has 31 heavy (non-hydrogen) atoms. The van der Waals surface area contributed by atoms with E-state index in [-0.39, 0.29) is 6.09 Å². The van der Waals surface area contributed by atoms with Crippen molar-refractivity contribution in [2.45, 2.75) is 26.4 Å². The first kappa shape index (κ1) is 20.8. The number of carbonyl (C=O) groups excluding carboxylic acids is 1. The van der Waals surface area contributed by atoms with Gasteiger partial charge >= 0.3 is 6.09 Å². The Morgan fingerprint density at radius 2 is 1.39 bits per heavy atom. The molecule has 3 aromatic rings. The molecule has 0 unspecified atom stereocenters. The highest BCUT2D eigenvalue weighted by atomic mass is 16.6. The second-order valence-corrected chi connectivity index (χ2v) is 8.61.